The van der Waals surface area contributed by atoms with Gasteiger partial charge in [0.25, 0.3) is 5.91 Å². The fourth-order valence-electron chi connectivity index (χ4n) is 5.44. The maximum Gasteiger partial charge on any atom is 0.416 e. The van der Waals surface area contributed by atoms with Crippen LogP contribution in [0.15, 0.2) is 54.6 Å². The molecule has 3 aromatic rings. The molecule has 1 aliphatic heterocycles. The van der Waals surface area contributed by atoms with E-state index in [9.17, 15) is 22.8 Å². The Labute approximate surface area is 201 Å². The van der Waals surface area contributed by atoms with Crippen LogP contribution in [0.5, 0.6) is 0 Å². The minimum absolute atomic E-state index is 0.0110. The van der Waals surface area contributed by atoms with Gasteiger partial charge in [-0.2, -0.15) is 13.2 Å². The van der Waals surface area contributed by atoms with Crippen LogP contribution in [0.25, 0.3) is 10.9 Å². The van der Waals surface area contributed by atoms with E-state index in [2.05, 4.69) is 5.32 Å². The molecule has 35 heavy (non-hydrogen) atoms. The van der Waals surface area contributed by atoms with Gasteiger partial charge in [-0.3, -0.25) is 14.5 Å². The summed E-state index contributed by atoms with van der Waals surface area (Å²) in [5, 5.41) is 3.98. The first kappa shape index (κ1) is 23.5. The summed E-state index contributed by atoms with van der Waals surface area (Å²) in [5.41, 5.74) is -1.06. The molecule has 1 unspecified atom stereocenters. The number of benzene rings is 2. The van der Waals surface area contributed by atoms with Gasteiger partial charge in [0, 0.05) is 22.6 Å². The van der Waals surface area contributed by atoms with E-state index in [4.69, 9.17) is 0 Å². The largest absolute Gasteiger partial charge is 0.416 e. The zero-order chi connectivity index (χ0) is 24.8. The van der Waals surface area contributed by atoms with E-state index in [0.29, 0.717) is 5.69 Å². The second kappa shape index (κ2) is 8.73. The van der Waals surface area contributed by atoms with E-state index >= 15 is 0 Å². The van der Waals surface area contributed by atoms with Crippen molar-refractivity contribution in [2.45, 2.75) is 69.8 Å². The smallest absolute Gasteiger partial charge is 0.351 e. The molecular weight excluding hydrogens is 455 g/mol. The van der Waals surface area contributed by atoms with Crippen molar-refractivity contribution < 1.29 is 22.8 Å². The number of fused-ring (bicyclic) bond motifs is 3. The van der Waals surface area contributed by atoms with Crippen LogP contribution in [0.2, 0.25) is 0 Å². The van der Waals surface area contributed by atoms with Gasteiger partial charge in [-0.15, -0.1) is 0 Å². The van der Waals surface area contributed by atoms with Crippen LogP contribution in [0.3, 0.4) is 0 Å². The van der Waals surface area contributed by atoms with Crippen LogP contribution < -0.4 is 10.2 Å². The number of carbonyl (C=O) groups is 2. The van der Waals surface area contributed by atoms with Crippen molar-refractivity contribution in [2.24, 2.45) is 0 Å². The van der Waals surface area contributed by atoms with Crippen LogP contribution in [0.4, 0.5) is 18.9 Å². The van der Waals surface area contributed by atoms with Crippen molar-refractivity contribution in [3.8, 4) is 0 Å². The molecule has 2 aromatic carbocycles. The Kier molecular flexibility index (Phi) is 5.85. The quantitative estimate of drug-likeness (QED) is 0.471. The molecule has 184 valence electrons. The highest BCUT2D eigenvalue weighted by atomic mass is 19.4. The van der Waals surface area contributed by atoms with Crippen molar-refractivity contribution in [1.29, 1.82) is 0 Å². The standard InChI is InChI=1S/C27H28F3N3O2/c1-26(25(35)31-20-11-4-2-3-5-12-20)17-32-22-14-7-6-9-18(22)15-23(32)24(34)33(26)21-13-8-10-19(16-21)27(28,29)30/h6-10,13-16,20H,2-5,11-12,17H2,1H3,(H,31,35). The molecule has 1 atom stereocenters. The first-order valence-electron chi connectivity index (χ1n) is 12.1. The van der Waals surface area contributed by atoms with Gasteiger partial charge in [-0.05, 0) is 50.1 Å². The third-order valence-electron chi connectivity index (χ3n) is 7.30. The number of nitrogens with zero attached hydrogens (tertiary/aromatic N) is 2. The lowest BCUT2D eigenvalue weighted by atomic mass is 9.92. The molecule has 0 saturated heterocycles. The van der Waals surface area contributed by atoms with E-state index in [0.717, 1.165) is 61.6 Å². The topological polar surface area (TPSA) is 54.3 Å². The summed E-state index contributed by atoms with van der Waals surface area (Å²) in [7, 11) is 0. The molecule has 5 nitrogen and oxygen atoms in total. The number of hydrogen-bond acceptors (Lipinski definition) is 2. The number of amides is 2. The highest BCUT2D eigenvalue weighted by Gasteiger charge is 2.49. The Morgan fingerprint density at radius 3 is 2.43 bits per heavy atom. The van der Waals surface area contributed by atoms with Gasteiger partial charge in [-0.25, -0.2) is 0 Å². The first-order chi connectivity index (χ1) is 16.7. The SMILES string of the molecule is CC1(C(=O)NC2CCCCCC2)Cn2c(cc3ccccc32)C(=O)N1c1cccc(C(F)(F)F)c1. The molecule has 1 aromatic heterocycles. The van der Waals surface area contributed by atoms with Gasteiger partial charge in [0.05, 0.1) is 12.1 Å². The average Bonchev–Trinajstić information content (AvgIpc) is 2.99. The number of rotatable bonds is 3. The maximum atomic E-state index is 13.9. The number of halogens is 3. The van der Waals surface area contributed by atoms with E-state index in [1.54, 1.807) is 13.0 Å². The second-order valence-electron chi connectivity index (χ2n) is 9.80. The summed E-state index contributed by atoms with van der Waals surface area (Å²) in [5.74, 6) is -0.844. The molecule has 2 aliphatic rings. The lowest BCUT2D eigenvalue weighted by molar-refractivity contribution is -0.137. The van der Waals surface area contributed by atoms with Gasteiger partial charge in [0.15, 0.2) is 0 Å². The zero-order valence-electron chi connectivity index (χ0n) is 19.6. The number of alkyl halides is 3. The van der Waals surface area contributed by atoms with Crippen LogP contribution in [-0.4, -0.2) is 28.0 Å². The monoisotopic (exact) mass is 483 g/mol. The van der Waals surface area contributed by atoms with E-state index in [-0.39, 0.29) is 24.2 Å². The molecule has 8 heteroatoms. The maximum absolute atomic E-state index is 13.9. The molecule has 1 N–H and O–H groups in total. The third kappa shape index (κ3) is 4.19. The fourth-order valence-corrected chi connectivity index (χ4v) is 5.44. The van der Waals surface area contributed by atoms with Gasteiger partial charge in [0.2, 0.25) is 5.91 Å². The van der Waals surface area contributed by atoms with Crippen LogP contribution in [0.1, 0.15) is 61.5 Å². The Bertz CT molecular complexity index is 1270. The summed E-state index contributed by atoms with van der Waals surface area (Å²) in [6.07, 6.45) is 1.43. The average molecular weight is 484 g/mol. The summed E-state index contributed by atoms with van der Waals surface area (Å²) >= 11 is 0. The van der Waals surface area contributed by atoms with Crippen LogP contribution >= 0.6 is 0 Å². The van der Waals surface area contributed by atoms with Crippen molar-refractivity contribution in [1.82, 2.24) is 9.88 Å². The molecule has 2 heterocycles. The van der Waals surface area contributed by atoms with Gasteiger partial charge >= 0.3 is 6.18 Å². The fraction of sp³-hybridized carbons (Fsp3) is 0.407. The minimum atomic E-state index is -4.57. The van der Waals surface area contributed by atoms with Crippen LogP contribution in [-0.2, 0) is 17.5 Å². The predicted molar refractivity (Wildman–Crippen MR) is 128 cm³/mol. The van der Waals surface area contributed by atoms with Gasteiger partial charge in [-0.1, -0.05) is 49.9 Å². The zero-order valence-corrected chi connectivity index (χ0v) is 19.6. The van der Waals surface area contributed by atoms with Crippen molar-refractivity contribution in [3.05, 3.63) is 65.9 Å². The summed E-state index contributed by atoms with van der Waals surface area (Å²) < 4.78 is 42.4. The number of nitrogens with one attached hydrogen (secondary N) is 1. The normalized spacial score (nSPS) is 21.6. The lowest BCUT2D eigenvalue weighted by Gasteiger charge is -2.44. The van der Waals surface area contributed by atoms with Crippen molar-refractivity contribution in [2.75, 3.05) is 4.90 Å². The predicted octanol–water partition coefficient (Wildman–Crippen LogP) is 5.92. The number of hydrogen-bond donors (Lipinski definition) is 1. The number of aromatic nitrogens is 1. The number of carbonyl (C=O) groups excluding carboxylic acids is 2. The molecule has 0 spiro atoms. The highest BCUT2D eigenvalue weighted by Crippen LogP contribution is 2.38. The second-order valence-corrected chi connectivity index (χ2v) is 9.80. The van der Waals surface area contributed by atoms with E-state index < -0.39 is 23.2 Å². The molecule has 2 amide bonds. The third-order valence-corrected chi connectivity index (χ3v) is 7.30. The summed E-state index contributed by atoms with van der Waals surface area (Å²) in [4.78, 5) is 29.0. The molecular formula is C27H28F3N3O2. The van der Waals surface area contributed by atoms with Crippen molar-refractivity contribution >= 4 is 28.4 Å². The molecule has 0 radical (unpaired) electrons. The van der Waals surface area contributed by atoms with Crippen molar-refractivity contribution in [3.63, 3.8) is 0 Å². The molecule has 1 saturated carbocycles. The summed E-state index contributed by atoms with van der Waals surface area (Å²) in [6, 6.07) is 13.9. The van der Waals surface area contributed by atoms with Crippen LogP contribution in [0, 0.1) is 0 Å². The van der Waals surface area contributed by atoms with E-state index in [1.807, 2.05) is 28.8 Å². The molecule has 1 aliphatic carbocycles. The Balaban J connectivity index is 1.61. The first-order valence-corrected chi connectivity index (χ1v) is 12.1. The van der Waals surface area contributed by atoms with Gasteiger partial charge in [0.1, 0.15) is 11.2 Å². The van der Waals surface area contributed by atoms with E-state index in [1.165, 1.54) is 17.0 Å². The molecule has 1 fully saturated rings. The Morgan fingerprint density at radius 1 is 1.00 bits per heavy atom. The molecule has 0 bridgehead atoms. The lowest BCUT2D eigenvalue weighted by Crippen LogP contribution is -2.65. The minimum Gasteiger partial charge on any atom is -0.351 e. The number of anilines is 1. The number of para-hydroxylation sites is 1. The Morgan fingerprint density at radius 2 is 1.71 bits per heavy atom. The Hall–Kier alpha value is -3.29. The summed E-state index contributed by atoms with van der Waals surface area (Å²) in [6.45, 7) is 1.78. The molecule has 5 rings (SSSR count). The van der Waals surface area contributed by atoms with Gasteiger partial charge < -0.3 is 9.88 Å². The highest BCUT2D eigenvalue weighted by molar-refractivity contribution is 6.14.